The molecule has 3 N–H and O–H groups in total. The minimum Gasteiger partial charge on any atom is -0.413 e. The van der Waals surface area contributed by atoms with Crippen molar-refractivity contribution >= 4 is 22.4 Å². The Hall–Kier alpha value is -3.07. The third kappa shape index (κ3) is 3.52. The molecule has 1 saturated carbocycles. The summed E-state index contributed by atoms with van der Waals surface area (Å²) in [7, 11) is 0. The van der Waals surface area contributed by atoms with Crippen LogP contribution in [-0.2, 0) is 11.0 Å². The summed E-state index contributed by atoms with van der Waals surface area (Å²) >= 11 is 0. The number of benzene rings is 1. The van der Waals surface area contributed by atoms with Crippen molar-refractivity contribution in [1.82, 2.24) is 20.4 Å². The molecule has 3 heterocycles. The average Bonchev–Trinajstić information content (AvgIpc) is 3.26. The fourth-order valence-electron chi connectivity index (χ4n) is 4.14. The van der Waals surface area contributed by atoms with Gasteiger partial charge in [-0.2, -0.15) is 13.2 Å². The molecule has 31 heavy (non-hydrogen) atoms. The average molecular weight is 429 g/mol. The van der Waals surface area contributed by atoms with E-state index >= 15 is 0 Å². The van der Waals surface area contributed by atoms with E-state index in [1.807, 2.05) is 32.0 Å². The van der Waals surface area contributed by atoms with Crippen molar-refractivity contribution in [2.45, 2.75) is 51.4 Å². The molecule has 1 atom stereocenters. The number of hydrogen-bond donors (Lipinski definition) is 3. The Kier molecular flexibility index (Phi) is 4.65. The van der Waals surface area contributed by atoms with Gasteiger partial charge in [-0.15, -0.1) is 5.48 Å². The Balaban J connectivity index is 1.59. The van der Waals surface area contributed by atoms with E-state index in [4.69, 9.17) is 4.84 Å². The van der Waals surface area contributed by atoms with Crippen LogP contribution in [0.4, 0.5) is 19.1 Å². The molecule has 6 nitrogen and oxygen atoms in total. The van der Waals surface area contributed by atoms with E-state index in [1.165, 1.54) is 0 Å². The Labute approximate surface area is 176 Å². The first-order chi connectivity index (χ1) is 14.8. The van der Waals surface area contributed by atoms with Gasteiger partial charge in [-0.25, -0.2) is 9.97 Å². The molecule has 2 aliphatic rings. The minimum absolute atomic E-state index is 0.0192. The Bertz CT molecular complexity index is 1180. The number of aromatic amines is 1. The molecule has 0 amide bonds. The van der Waals surface area contributed by atoms with Gasteiger partial charge in [-0.05, 0) is 44.7 Å². The maximum absolute atomic E-state index is 13.7. The van der Waals surface area contributed by atoms with Crippen LogP contribution >= 0.6 is 0 Å². The molecule has 0 spiro atoms. The highest BCUT2D eigenvalue weighted by atomic mass is 19.4. The zero-order valence-electron chi connectivity index (χ0n) is 17.1. The summed E-state index contributed by atoms with van der Waals surface area (Å²) in [5.74, 6) is 1.00. The Morgan fingerprint density at radius 2 is 2.03 bits per heavy atom. The van der Waals surface area contributed by atoms with Gasteiger partial charge < -0.3 is 15.1 Å². The van der Waals surface area contributed by atoms with E-state index in [9.17, 15) is 13.2 Å². The second-order valence-electron chi connectivity index (χ2n) is 8.10. The molecule has 1 aromatic carbocycles. The largest absolute Gasteiger partial charge is 0.419 e. The molecule has 1 aliphatic heterocycles. The number of fused-ring (bicyclic) bond motifs is 1. The number of nitrogens with one attached hydrogen (secondary N) is 3. The van der Waals surface area contributed by atoms with Crippen molar-refractivity contribution in [1.29, 1.82) is 0 Å². The molecule has 0 radical (unpaired) electrons. The summed E-state index contributed by atoms with van der Waals surface area (Å²) in [5, 5.41) is 3.80. The predicted octanol–water partition coefficient (Wildman–Crippen LogP) is 5.26. The summed E-state index contributed by atoms with van der Waals surface area (Å²) in [5.41, 5.74) is 5.03. The fourth-order valence-corrected chi connectivity index (χ4v) is 4.14. The number of alkyl halides is 3. The number of H-pyrrole nitrogens is 1. The first kappa shape index (κ1) is 19.9. The minimum atomic E-state index is -4.56. The zero-order valence-corrected chi connectivity index (χ0v) is 17.1. The van der Waals surface area contributed by atoms with E-state index in [0.29, 0.717) is 10.9 Å². The van der Waals surface area contributed by atoms with Crippen LogP contribution in [-0.4, -0.2) is 27.0 Å². The van der Waals surface area contributed by atoms with Crippen molar-refractivity contribution in [3.05, 3.63) is 47.5 Å². The van der Waals surface area contributed by atoms with E-state index in [1.54, 1.807) is 6.20 Å². The molecule has 0 saturated heterocycles. The number of hydroxylamine groups is 1. The molecular weight excluding hydrogens is 407 g/mol. The number of rotatable bonds is 4. The summed E-state index contributed by atoms with van der Waals surface area (Å²) in [6, 6.07) is 5.88. The third-order valence-electron chi connectivity index (χ3n) is 5.98. The summed E-state index contributed by atoms with van der Waals surface area (Å²) in [6.07, 6.45) is 0.938. The van der Waals surface area contributed by atoms with Crippen molar-refractivity contribution < 1.29 is 18.0 Å². The Morgan fingerprint density at radius 3 is 2.68 bits per heavy atom. The maximum atomic E-state index is 13.7. The molecule has 5 rings (SSSR count). The van der Waals surface area contributed by atoms with Crippen LogP contribution in [0.5, 0.6) is 0 Å². The molecule has 162 valence electrons. The highest BCUT2D eigenvalue weighted by molar-refractivity contribution is 5.97. The van der Waals surface area contributed by atoms with Gasteiger partial charge >= 0.3 is 6.18 Å². The number of nitrogens with zero attached hydrogens (tertiary/aromatic N) is 2. The summed E-state index contributed by atoms with van der Waals surface area (Å²) in [4.78, 5) is 16.7. The van der Waals surface area contributed by atoms with Crippen LogP contribution < -0.4 is 10.8 Å². The topological polar surface area (TPSA) is 74.9 Å². The van der Waals surface area contributed by atoms with Crippen molar-refractivity contribution in [3.63, 3.8) is 0 Å². The van der Waals surface area contributed by atoms with Crippen LogP contribution in [0, 0.1) is 0 Å². The van der Waals surface area contributed by atoms with E-state index in [2.05, 4.69) is 25.7 Å². The number of halogens is 3. The summed E-state index contributed by atoms with van der Waals surface area (Å²) in [6.45, 7) is 3.87. The molecule has 2 aromatic heterocycles. The smallest absolute Gasteiger partial charge is 0.413 e. The van der Waals surface area contributed by atoms with E-state index in [0.717, 1.165) is 47.9 Å². The zero-order chi connectivity index (χ0) is 21.8. The number of allylic oxidation sites excluding steroid dienone is 1. The fraction of sp³-hybridized carbons (Fsp3) is 0.364. The standard InChI is InChI=1S/C22H22F3N5O/c1-11-19(12(2)31-30-11)13-6-7-15-16(9-26-18(15)8-13)20-17(22(23,24)25)10-27-21(29-20)28-14-4-3-5-14/h6-11,14,26,30H,3-5H2,1-2H3,(H,27,28,29). The second kappa shape index (κ2) is 7.26. The maximum Gasteiger partial charge on any atom is 0.419 e. The molecule has 1 aliphatic carbocycles. The van der Waals surface area contributed by atoms with Crippen molar-refractivity contribution in [3.8, 4) is 11.3 Å². The van der Waals surface area contributed by atoms with Crippen molar-refractivity contribution in [2.24, 2.45) is 0 Å². The quantitative estimate of drug-likeness (QED) is 0.527. The van der Waals surface area contributed by atoms with Crippen LogP contribution in [0.1, 0.15) is 44.2 Å². The molecule has 1 unspecified atom stereocenters. The first-order valence-corrected chi connectivity index (χ1v) is 10.3. The highest BCUT2D eigenvalue weighted by Crippen LogP contribution is 2.40. The third-order valence-corrected chi connectivity index (χ3v) is 5.98. The highest BCUT2D eigenvalue weighted by Gasteiger charge is 2.36. The van der Waals surface area contributed by atoms with Crippen LogP contribution in [0.15, 0.2) is 36.4 Å². The normalized spacial score (nSPS) is 19.6. The monoisotopic (exact) mass is 429 g/mol. The lowest BCUT2D eigenvalue weighted by Gasteiger charge is -2.26. The van der Waals surface area contributed by atoms with Gasteiger partial charge in [0.15, 0.2) is 0 Å². The molecule has 1 fully saturated rings. The van der Waals surface area contributed by atoms with Crippen LogP contribution in [0.25, 0.3) is 27.7 Å². The summed E-state index contributed by atoms with van der Waals surface area (Å²) < 4.78 is 41.2. The lowest BCUT2D eigenvalue weighted by atomic mass is 9.93. The first-order valence-electron chi connectivity index (χ1n) is 10.3. The van der Waals surface area contributed by atoms with Gasteiger partial charge in [0.2, 0.25) is 5.95 Å². The van der Waals surface area contributed by atoms with Gasteiger partial charge in [0.25, 0.3) is 0 Å². The molecule has 3 aromatic rings. The molecular formula is C22H22F3N5O. The predicted molar refractivity (Wildman–Crippen MR) is 112 cm³/mol. The molecule has 0 bridgehead atoms. The van der Waals surface area contributed by atoms with E-state index in [-0.39, 0.29) is 23.7 Å². The van der Waals surface area contributed by atoms with E-state index < -0.39 is 11.7 Å². The van der Waals surface area contributed by atoms with Gasteiger partial charge in [-0.3, -0.25) is 0 Å². The van der Waals surface area contributed by atoms with Gasteiger partial charge in [-0.1, -0.05) is 12.1 Å². The lowest BCUT2D eigenvalue weighted by molar-refractivity contribution is -0.137. The number of hydrogen-bond acceptors (Lipinski definition) is 5. The van der Waals surface area contributed by atoms with Crippen molar-refractivity contribution in [2.75, 3.05) is 5.32 Å². The van der Waals surface area contributed by atoms with Gasteiger partial charge in [0.1, 0.15) is 11.3 Å². The number of anilines is 1. The Morgan fingerprint density at radius 1 is 1.23 bits per heavy atom. The second-order valence-corrected chi connectivity index (χ2v) is 8.10. The van der Waals surface area contributed by atoms with Gasteiger partial charge in [0, 0.05) is 40.5 Å². The molecule has 9 heteroatoms. The van der Waals surface area contributed by atoms with Crippen LogP contribution in [0.2, 0.25) is 0 Å². The van der Waals surface area contributed by atoms with Crippen LogP contribution in [0.3, 0.4) is 0 Å². The number of aromatic nitrogens is 3. The lowest BCUT2D eigenvalue weighted by Crippen LogP contribution is -2.28. The SMILES string of the molecule is CC1=C(c2ccc3c(-c4nc(NC5CCC5)ncc4C(F)(F)F)c[nH]c3c2)C(C)NO1. The van der Waals surface area contributed by atoms with Gasteiger partial charge in [0.05, 0.1) is 11.7 Å².